The van der Waals surface area contributed by atoms with Gasteiger partial charge in [0.25, 0.3) is 5.22 Å². The van der Waals surface area contributed by atoms with E-state index < -0.39 is 10.0 Å². The fraction of sp³-hybridized carbons (Fsp3) is 0.364. The summed E-state index contributed by atoms with van der Waals surface area (Å²) in [4.78, 5) is 0.263. The zero-order chi connectivity index (χ0) is 21.7. The number of thioether (sulfide) groups is 1. The van der Waals surface area contributed by atoms with Crippen molar-refractivity contribution in [2.45, 2.75) is 35.8 Å². The molecule has 0 radical (unpaired) electrons. The molecule has 1 fully saturated rings. The number of ether oxygens (including phenoxy) is 1. The summed E-state index contributed by atoms with van der Waals surface area (Å²) < 4.78 is 38.4. The van der Waals surface area contributed by atoms with Crippen LogP contribution in [0.25, 0.3) is 11.5 Å². The quantitative estimate of drug-likeness (QED) is 0.465. The molecule has 0 spiro atoms. The molecule has 0 amide bonds. The van der Waals surface area contributed by atoms with E-state index in [1.165, 1.54) is 17.3 Å². The average Bonchev–Trinajstić information content (AvgIpc) is 3.29. The maximum absolute atomic E-state index is 12.9. The second-order valence-electron chi connectivity index (χ2n) is 7.31. The first-order chi connectivity index (χ1) is 15.1. The number of aromatic nitrogens is 2. The molecule has 1 aromatic heterocycles. The molecule has 1 aliphatic heterocycles. The number of benzene rings is 2. The molecule has 0 aliphatic carbocycles. The summed E-state index contributed by atoms with van der Waals surface area (Å²) in [7, 11) is -1.86. The maximum atomic E-state index is 12.9. The second-order valence-corrected chi connectivity index (χ2v) is 10.3. The van der Waals surface area contributed by atoms with E-state index in [1.807, 2.05) is 24.3 Å². The fourth-order valence-electron chi connectivity index (χ4n) is 3.48. The minimum Gasteiger partial charge on any atom is -0.497 e. The normalized spacial score (nSPS) is 15.1. The lowest BCUT2D eigenvalue weighted by Crippen LogP contribution is -2.35. The predicted molar refractivity (Wildman–Crippen MR) is 120 cm³/mol. The summed E-state index contributed by atoms with van der Waals surface area (Å²) in [6.45, 7) is 1.14. The van der Waals surface area contributed by atoms with E-state index in [9.17, 15) is 8.42 Å². The van der Waals surface area contributed by atoms with Gasteiger partial charge in [0.15, 0.2) is 0 Å². The summed E-state index contributed by atoms with van der Waals surface area (Å²) in [5.74, 6) is 1.95. The first kappa shape index (κ1) is 21.9. The van der Waals surface area contributed by atoms with E-state index in [0.717, 1.165) is 37.2 Å². The van der Waals surface area contributed by atoms with Gasteiger partial charge in [-0.25, -0.2) is 8.42 Å². The van der Waals surface area contributed by atoms with Crippen LogP contribution in [0, 0.1) is 0 Å². The van der Waals surface area contributed by atoms with Gasteiger partial charge in [-0.2, -0.15) is 4.31 Å². The van der Waals surface area contributed by atoms with Gasteiger partial charge in [-0.05, 0) is 55.2 Å². The van der Waals surface area contributed by atoms with Gasteiger partial charge < -0.3 is 9.15 Å². The molecule has 1 aliphatic rings. The molecular weight excluding hydrogens is 434 g/mol. The average molecular weight is 460 g/mol. The van der Waals surface area contributed by atoms with Crippen molar-refractivity contribution in [3.8, 4) is 17.2 Å². The van der Waals surface area contributed by atoms with Gasteiger partial charge >= 0.3 is 0 Å². The van der Waals surface area contributed by atoms with E-state index in [4.69, 9.17) is 9.15 Å². The van der Waals surface area contributed by atoms with Gasteiger partial charge in [0.2, 0.25) is 15.9 Å². The van der Waals surface area contributed by atoms with Gasteiger partial charge in [0.05, 0.1) is 12.0 Å². The molecule has 9 heteroatoms. The van der Waals surface area contributed by atoms with Gasteiger partial charge in [0.1, 0.15) is 5.75 Å². The van der Waals surface area contributed by atoms with Crippen LogP contribution in [0.2, 0.25) is 0 Å². The van der Waals surface area contributed by atoms with Crippen LogP contribution in [0.5, 0.6) is 5.75 Å². The Morgan fingerprint density at radius 2 is 1.84 bits per heavy atom. The summed E-state index contributed by atoms with van der Waals surface area (Å²) in [5, 5.41) is 8.67. The van der Waals surface area contributed by atoms with E-state index in [-0.39, 0.29) is 4.90 Å². The molecule has 0 unspecified atom stereocenters. The topological polar surface area (TPSA) is 85.5 Å². The minimum absolute atomic E-state index is 0.263. The minimum atomic E-state index is -3.51. The van der Waals surface area contributed by atoms with Gasteiger partial charge in [-0.1, -0.05) is 36.4 Å². The van der Waals surface area contributed by atoms with Crippen LogP contribution >= 0.6 is 11.8 Å². The van der Waals surface area contributed by atoms with Crippen molar-refractivity contribution in [1.82, 2.24) is 14.5 Å². The van der Waals surface area contributed by atoms with E-state index in [2.05, 4.69) is 10.2 Å². The van der Waals surface area contributed by atoms with Gasteiger partial charge in [0, 0.05) is 24.4 Å². The molecule has 1 saturated heterocycles. The van der Waals surface area contributed by atoms with Crippen molar-refractivity contribution < 1.29 is 17.6 Å². The van der Waals surface area contributed by atoms with Crippen LogP contribution < -0.4 is 4.74 Å². The Bertz CT molecular complexity index is 1110. The summed E-state index contributed by atoms with van der Waals surface area (Å²) in [6.07, 6.45) is 3.74. The van der Waals surface area contributed by atoms with Crippen molar-refractivity contribution in [1.29, 1.82) is 0 Å². The largest absolute Gasteiger partial charge is 0.497 e. The van der Waals surface area contributed by atoms with E-state index in [0.29, 0.717) is 29.8 Å². The van der Waals surface area contributed by atoms with Crippen molar-refractivity contribution in [3.63, 3.8) is 0 Å². The van der Waals surface area contributed by atoms with Crippen molar-refractivity contribution in [2.24, 2.45) is 0 Å². The standard InChI is InChI=1S/C22H25N3O4S2/c1-28-19-10-8-17(9-11-19)12-15-30-22-24-23-21(29-22)18-6-5-7-20(16-18)31(26,27)25-13-3-2-4-14-25/h5-11,16H,2-4,12-15H2,1H3. The molecule has 0 bridgehead atoms. The predicted octanol–water partition coefficient (Wildman–Crippen LogP) is 4.25. The lowest BCUT2D eigenvalue weighted by Gasteiger charge is -2.25. The molecule has 31 heavy (non-hydrogen) atoms. The molecule has 2 aromatic carbocycles. The highest BCUT2D eigenvalue weighted by Crippen LogP contribution is 2.27. The van der Waals surface area contributed by atoms with Crippen molar-refractivity contribution in [2.75, 3.05) is 26.0 Å². The van der Waals surface area contributed by atoms with Crippen LogP contribution in [0.3, 0.4) is 0 Å². The second kappa shape index (κ2) is 9.84. The third-order valence-electron chi connectivity index (χ3n) is 5.22. The molecule has 164 valence electrons. The Morgan fingerprint density at radius 3 is 2.58 bits per heavy atom. The Balaban J connectivity index is 1.41. The number of methoxy groups -OCH3 is 1. The molecule has 0 N–H and O–H groups in total. The third kappa shape index (κ3) is 5.28. The number of nitrogens with zero attached hydrogens (tertiary/aromatic N) is 3. The van der Waals surface area contributed by atoms with Crippen LogP contribution in [0.1, 0.15) is 24.8 Å². The number of rotatable bonds is 8. The number of sulfonamides is 1. The van der Waals surface area contributed by atoms with Crippen molar-refractivity contribution in [3.05, 3.63) is 54.1 Å². The van der Waals surface area contributed by atoms with Crippen LogP contribution in [0.4, 0.5) is 0 Å². The molecule has 7 nitrogen and oxygen atoms in total. The summed E-state index contributed by atoms with van der Waals surface area (Å²) >= 11 is 1.48. The van der Waals surface area contributed by atoms with Crippen LogP contribution in [-0.4, -0.2) is 48.9 Å². The van der Waals surface area contributed by atoms with Crippen molar-refractivity contribution >= 4 is 21.8 Å². The zero-order valence-corrected chi connectivity index (χ0v) is 19.0. The monoisotopic (exact) mass is 459 g/mol. The Morgan fingerprint density at radius 1 is 1.06 bits per heavy atom. The molecule has 0 atom stereocenters. The highest BCUT2D eigenvalue weighted by Gasteiger charge is 2.26. The molecule has 4 rings (SSSR count). The lowest BCUT2D eigenvalue weighted by atomic mass is 10.2. The first-order valence-corrected chi connectivity index (χ1v) is 12.7. The van der Waals surface area contributed by atoms with Crippen LogP contribution in [0.15, 0.2) is 63.1 Å². The van der Waals surface area contributed by atoms with E-state index in [1.54, 1.807) is 35.7 Å². The van der Waals surface area contributed by atoms with Gasteiger partial charge in [-0.3, -0.25) is 0 Å². The molecule has 0 saturated carbocycles. The van der Waals surface area contributed by atoms with E-state index >= 15 is 0 Å². The highest BCUT2D eigenvalue weighted by atomic mass is 32.2. The molecular formula is C22H25N3O4S2. The lowest BCUT2D eigenvalue weighted by molar-refractivity contribution is 0.346. The summed E-state index contributed by atoms with van der Waals surface area (Å²) in [5.41, 5.74) is 1.80. The zero-order valence-electron chi connectivity index (χ0n) is 17.4. The number of hydrogen-bond donors (Lipinski definition) is 0. The SMILES string of the molecule is COc1ccc(CCSc2nnc(-c3cccc(S(=O)(=O)N4CCCCC4)c3)o2)cc1. The number of piperidine rings is 1. The Hall–Kier alpha value is -2.36. The smallest absolute Gasteiger partial charge is 0.276 e. The Kier molecular flexibility index (Phi) is 6.94. The fourth-order valence-corrected chi connectivity index (χ4v) is 5.79. The maximum Gasteiger partial charge on any atom is 0.276 e. The first-order valence-electron chi connectivity index (χ1n) is 10.3. The van der Waals surface area contributed by atoms with Crippen LogP contribution in [-0.2, 0) is 16.4 Å². The third-order valence-corrected chi connectivity index (χ3v) is 7.93. The van der Waals surface area contributed by atoms with Gasteiger partial charge in [-0.15, -0.1) is 10.2 Å². The number of aryl methyl sites for hydroxylation is 1. The highest BCUT2D eigenvalue weighted by molar-refractivity contribution is 7.99. The molecule has 3 aromatic rings. The summed E-state index contributed by atoms with van der Waals surface area (Å²) in [6, 6.07) is 14.7. The number of hydrogen-bond acceptors (Lipinski definition) is 7. The Labute approximate surface area is 186 Å². The molecule has 2 heterocycles.